The summed E-state index contributed by atoms with van der Waals surface area (Å²) in [5, 5.41) is 12.1. The molecule has 0 saturated carbocycles. The Balaban J connectivity index is 1.12. The molecule has 0 atom stereocenters. The van der Waals surface area contributed by atoms with E-state index in [4.69, 9.17) is 4.74 Å². The van der Waals surface area contributed by atoms with Crippen molar-refractivity contribution in [2.24, 2.45) is 0 Å². The molecule has 0 bridgehead atoms. The van der Waals surface area contributed by atoms with E-state index in [1.807, 2.05) is 66.7 Å². The molecule has 0 heterocycles. The van der Waals surface area contributed by atoms with E-state index in [-0.39, 0.29) is 31.5 Å². The highest BCUT2D eigenvalue weighted by Crippen LogP contribution is 2.44. The molecule has 202 valence electrons. The van der Waals surface area contributed by atoms with Gasteiger partial charge >= 0.3 is 12.1 Å². The second kappa shape index (κ2) is 12.3. The van der Waals surface area contributed by atoms with Gasteiger partial charge in [0, 0.05) is 24.6 Å². The first kappa shape index (κ1) is 26.7. The van der Waals surface area contributed by atoms with Crippen LogP contribution in [0.4, 0.5) is 4.79 Å². The van der Waals surface area contributed by atoms with Crippen LogP contribution in [0.1, 0.15) is 38.5 Å². The maximum absolute atomic E-state index is 13.0. The molecule has 0 saturated heterocycles. The summed E-state index contributed by atoms with van der Waals surface area (Å²) in [6.07, 6.45) is 0.0838. The Morgan fingerprint density at radius 1 is 0.750 bits per heavy atom. The molecule has 7 nitrogen and oxygen atoms in total. The molecule has 1 aliphatic rings. The van der Waals surface area contributed by atoms with E-state index >= 15 is 0 Å². The Bertz CT molecular complexity index is 1460. The molecule has 0 aromatic heterocycles. The van der Waals surface area contributed by atoms with Crippen molar-refractivity contribution in [1.29, 1.82) is 0 Å². The van der Waals surface area contributed by atoms with Crippen LogP contribution in [-0.4, -0.2) is 47.7 Å². The average Bonchev–Trinajstić information content (AvgIpc) is 3.30. The lowest BCUT2D eigenvalue weighted by molar-refractivity contribution is -0.137. The van der Waals surface area contributed by atoms with Crippen LogP contribution in [0.5, 0.6) is 0 Å². The van der Waals surface area contributed by atoms with Gasteiger partial charge in [0.1, 0.15) is 13.2 Å². The number of nitrogens with one attached hydrogen (secondary N) is 1. The summed E-state index contributed by atoms with van der Waals surface area (Å²) in [4.78, 5) is 38.1. The Labute approximate surface area is 233 Å². The summed E-state index contributed by atoms with van der Waals surface area (Å²) >= 11 is 0. The van der Waals surface area contributed by atoms with E-state index < -0.39 is 12.1 Å². The molecule has 4 aromatic carbocycles. The summed E-state index contributed by atoms with van der Waals surface area (Å²) in [5.41, 5.74) is 6.89. The van der Waals surface area contributed by atoms with Gasteiger partial charge in [0.05, 0.1) is 0 Å². The van der Waals surface area contributed by atoms with Crippen LogP contribution in [0.15, 0.2) is 103 Å². The summed E-state index contributed by atoms with van der Waals surface area (Å²) in [7, 11) is 0. The highest BCUT2D eigenvalue weighted by molar-refractivity contribution is 5.95. The maximum Gasteiger partial charge on any atom is 0.407 e. The number of aliphatic carboxylic acids is 1. The molecule has 0 unspecified atom stereocenters. The molecule has 0 radical (unpaired) electrons. The molecule has 4 aromatic rings. The highest BCUT2D eigenvalue weighted by atomic mass is 16.5. The maximum atomic E-state index is 13.0. The van der Waals surface area contributed by atoms with Gasteiger partial charge in [0.2, 0.25) is 0 Å². The number of rotatable bonds is 10. The van der Waals surface area contributed by atoms with Crippen molar-refractivity contribution in [3.63, 3.8) is 0 Å². The van der Waals surface area contributed by atoms with Crippen molar-refractivity contribution in [2.45, 2.75) is 18.9 Å². The van der Waals surface area contributed by atoms with Gasteiger partial charge in [-0.25, -0.2) is 4.79 Å². The molecular formula is C33H30N2O5. The predicted molar refractivity (Wildman–Crippen MR) is 152 cm³/mol. The van der Waals surface area contributed by atoms with E-state index in [1.165, 1.54) is 16.0 Å². The molecule has 5 rings (SSSR count). The molecule has 0 fully saturated rings. The highest BCUT2D eigenvalue weighted by Gasteiger charge is 2.29. The fraction of sp³-hybridized carbons (Fsp3) is 0.182. The summed E-state index contributed by atoms with van der Waals surface area (Å²) in [6, 6.07) is 32.7. The van der Waals surface area contributed by atoms with Crippen molar-refractivity contribution in [3.8, 4) is 11.1 Å². The smallest absolute Gasteiger partial charge is 0.407 e. The quantitative estimate of drug-likeness (QED) is 0.280. The zero-order chi connectivity index (χ0) is 27.9. The minimum absolute atomic E-state index is 0.00538. The number of hydrogen-bond donors (Lipinski definition) is 2. The van der Waals surface area contributed by atoms with Gasteiger partial charge in [-0.2, -0.15) is 0 Å². The molecule has 1 aliphatic carbocycles. The Morgan fingerprint density at radius 3 is 1.98 bits per heavy atom. The normalized spacial score (nSPS) is 11.8. The fourth-order valence-corrected chi connectivity index (χ4v) is 5.12. The van der Waals surface area contributed by atoms with Gasteiger partial charge in [-0.3, -0.25) is 9.59 Å². The zero-order valence-corrected chi connectivity index (χ0v) is 22.0. The summed E-state index contributed by atoms with van der Waals surface area (Å²) in [6.45, 7) is 0.451. The van der Waals surface area contributed by atoms with Crippen LogP contribution in [0.25, 0.3) is 11.1 Å². The lowest BCUT2D eigenvalue weighted by atomic mass is 9.98. The lowest BCUT2D eigenvalue weighted by Crippen LogP contribution is -2.35. The van der Waals surface area contributed by atoms with E-state index in [0.717, 1.165) is 22.3 Å². The summed E-state index contributed by atoms with van der Waals surface area (Å²) < 4.78 is 5.59. The van der Waals surface area contributed by atoms with Gasteiger partial charge in [-0.15, -0.1) is 0 Å². The molecule has 7 heteroatoms. The van der Waals surface area contributed by atoms with Gasteiger partial charge in [0.25, 0.3) is 5.91 Å². The Morgan fingerprint density at radius 2 is 1.35 bits per heavy atom. The van der Waals surface area contributed by atoms with Crippen LogP contribution in [0.2, 0.25) is 0 Å². The van der Waals surface area contributed by atoms with E-state index in [9.17, 15) is 19.5 Å². The van der Waals surface area contributed by atoms with Crippen LogP contribution in [-0.2, 0) is 22.5 Å². The van der Waals surface area contributed by atoms with Crippen molar-refractivity contribution >= 4 is 18.0 Å². The number of ether oxygens (including phenoxy) is 1. The third-order valence-electron chi connectivity index (χ3n) is 7.06. The van der Waals surface area contributed by atoms with Crippen LogP contribution in [0, 0.1) is 0 Å². The first-order chi connectivity index (χ1) is 19.5. The van der Waals surface area contributed by atoms with Gasteiger partial charge in [0.15, 0.2) is 0 Å². The number of fused-ring (bicyclic) bond motifs is 3. The van der Waals surface area contributed by atoms with Crippen LogP contribution < -0.4 is 5.32 Å². The number of carboxylic acids is 1. The fourth-order valence-electron chi connectivity index (χ4n) is 5.12. The average molecular weight is 535 g/mol. The molecule has 40 heavy (non-hydrogen) atoms. The molecule has 0 spiro atoms. The number of amides is 2. The van der Waals surface area contributed by atoms with E-state index in [1.54, 1.807) is 12.1 Å². The minimum atomic E-state index is -1.07. The van der Waals surface area contributed by atoms with E-state index in [2.05, 4.69) is 29.6 Å². The van der Waals surface area contributed by atoms with Crippen LogP contribution in [0.3, 0.4) is 0 Å². The first-order valence-corrected chi connectivity index (χ1v) is 13.2. The molecule has 0 aliphatic heterocycles. The Hall–Kier alpha value is -4.91. The van der Waals surface area contributed by atoms with Crippen LogP contribution >= 0.6 is 0 Å². The topological polar surface area (TPSA) is 95.9 Å². The SMILES string of the molecule is O=C(O)CN(Cc1ccccc1)C(=O)c1ccc(CCNC(=O)OCC2c3ccccc3-c3ccccc32)cc1. The second-order valence-corrected chi connectivity index (χ2v) is 9.74. The van der Waals surface area contributed by atoms with Crippen molar-refractivity contribution in [1.82, 2.24) is 10.2 Å². The van der Waals surface area contributed by atoms with Crippen molar-refractivity contribution in [2.75, 3.05) is 19.7 Å². The lowest BCUT2D eigenvalue weighted by Gasteiger charge is -2.21. The molecular weight excluding hydrogens is 504 g/mol. The molecule has 2 amide bonds. The number of alkyl carbamates (subject to hydrolysis) is 1. The van der Waals surface area contributed by atoms with Gasteiger partial charge in [-0.05, 0) is 51.9 Å². The number of benzene rings is 4. The number of hydrogen-bond acceptors (Lipinski definition) is 4. The number of carbonyl (C=O) groups is 3. The zero-order valence-electron chi connectivity index (χ0n) is 22.0. The Kier molecular flexibility index (Phi) is 8.21. The third-order valence-corrected chi connectivity index (χ3v) is 7.06. The minimum Gasteiger partial charge on any atom is -0.480 e. The first-order valence-electron chi connectivity index (χ1n) is 13.2. The molecule has 2 N–H and O–H groups in total. The van der Waals surface area contributed by atoms with Gasteiger partial charge < -0.3 is 20.1 Å². The van der Waals surface area contributed by atoms with E-state index in [0.29, 0.717) is 18.5 Å². The number of carboxylic acid groups (broad SMARTS) is 1. The summed E-state index contributed by atoms with van der Waals surface area (Å²) in [5.74, 6) is -1.42. The monoisotopic (exact) mass is 534 g/mol. The predicted octanol–water partition coefficient (Wildman–Crippen LogP) is 5.49. The second-order valence-electron chi connectivity index (χ2n) is 9.74. The van der Waals surface area contributed by atoms with Gasteiger partial charge in [-0.1, -0.05) is 91.0 Å². The number of nitrogens with zero attached hydrogens (tertiary/aromatic N) is 1. The third kappa shape index (κ3) is 6.21. The largest absolute Gasteiger partial charge is 0.480 e. The number of carbonyl (C=O) groups excluding carboxylic acids is 2. The standard InChI is InChI=1S/C33H30N2O5/c36-31(37)21-35(20-24-8-2-1-3-9-24)32(38)25-16-14-23(15-17-25)18-19-34-33(39)40-22-30-28-12-6-4-10-26(28)27-11-5-7-13-29(27)30/h1-17,30H,18-22H2,(H,34,39)(H,36,37). The van der Waals surface area contributed by atoms with Crippen molar-refractivity contribution in [3.05, 3.63) is 131 Å². The van der Waals surface area contributed by atoms with Crippen molar-refractivity contribution < 1.29 is 24.2 Å².